The first kappa shape index (κ1) is 24.8. The summed E-state index contributed by atoms with van der Waals surface area (Å²) in [7, 11) is 0. The number of benzene rings is 1. The van der Waals surface area contributed by atoms with E-state index in [0.717, 1.165) is 23.4 Å². The Morgan fingerprint density at radius 3 is 2.36 bits per heavy atom. The minimum atomic E-state index is -5.03. The summed E-state index contributed by atoms with van der Waals surface area (Å²) < 4.78 is 43.4. The summed E-state index contributed by atoms with van der Waals surface area (Å²) in [5.74, 6) is -1.19. The molecule has 0 aliphatic heterocycles. The van der Waals surface area contributed by atoms with Crippen molar-refractivity contribution in [1.29, 1.82) is 5.26 Å². The molecule has 0 fully saturated rings. The van der Waals surface area contributed by atoms with Crippen molar-refractivity contribution < 1.29 is 27.9 Å². The molecular formula is C23H13F3N10O3. The Kier molecular flexibility index (Phi) is 6.08. The van der Waals surface area contributed by atoms with Crippen LogP contribution in [-0.4, -0.2) is 51.8 Å². The lowest BCUT2D eigenvalue weighted by molar-refractivity contribution is -0.143. The van der Waals surface area contributed by atoms with Crippen LogP contribution in [-0.2, 0) is 6.18 Å². The van der Waals surface area contributed by atoms with E-state index >= 15 is 0 Å². The number of carbonyl (C=O) groups excluding carboxylic acids is 1. The number of hydrogen-bond acceptors (Lipinski definition) is 8. The maximum absolute atomic E-state index is 14.3. The van der Waals surface area contributed by atoms with Crippen molar-refractivity contribution in [3.8, 4) is 17.6 Å². The summed E-state index contributed by atoms with van der Waals surface area (Å²) in [6, 6.07) is 9.13. The van der Waals surface area contributed by atoms with Gasteiger partial charge in [-0.15, -0.1) is 4.80 Å². The van der Waals surface area contributed by atoms with Gasteiger partial charge in [-0.2, -0.15) is 33.7 Å². The van der Waals surface area contributed by atoms with Crippen LogP contribution >= 0.6 is 0 Å². The van der Waals surface area contributed by atoms with Crippen molar-refractivity contribution in [3.05, 3.63) is 78.1 Å². The largest absolute Gasteiger partial charge is 0.465 e. The Morgan fingerprint density at radius 1 is 0.974 bits per heavy atom. The van der Waals surface area contributed by atoms with Crippen LogP contribution in [0.15, 0.2) is 61.3 Å². The van der Waals surface area contributed by atoms with Gasteiger partial charge in [0.25, 0.3) is 5.91 Å². The monoisotopic (exact) mass is 534 g/mol. The molecule has 3 N–H and O–H groups in total. The summed E-state index contributed by atoms with van der Waals surface area (Å²) in [6.45, 7) is 0. The van der Waals surface area contributed by atoms with Crippen LogP contribution < -0.4 is 10.6 Å². The lowest BCUT2D eigenvalue weighted by Gasteiger charge is -2.15. The Balaban J connectivity index is 1.55. The van der Waals surface area contributed by atoms with E-state index in [-0.39, 0.29) is 39.3 Å². The van der Waals surface area contributed by atoms with Crippen molar-refractivity contribution in [2.24, 2.45) is 0 Å². The molecule has 0 atom stereocenters. The Labute approximate surface area is 215 Å². The third-order valence-corrected chi connectivity index (χ3v) is 5.36. The number of aromatic nitrogens is 7. The smallest absolute Gasteiger partial charge is 0.434 e. The van der Waals surface area contributed by atoms with Crippen LogP contribution in [0.3, 0.4) is 0 Å². The fraction of sp³-hybridized carbons (Fsp3) is 0.0435. The van der Waals surface area contributed by atoms with E-state index in [2.05, 4.69) is 35.9 Å². The highest BCUT2D eigenvalue weighted by molar-refractivity contribution is 6.06. The van der Waals surface area contributed by atoms with Crippen molar-refractivity contribution in [3.63, 3.8) is 0 Å². The fourth-order valence-corrected chi connectivity index (χ4v) is 3.81. The van der Waals surface area contributed by atoms with Gasteiger partial charge in [0.2, 0.25) is 0 Å². The number of carboxylic acid groups (broad SMARTS) is 1. The molecule has 13 nitrogen and oxygen atoms in total. The summed E-state index contributed by atoms with van der Waals surface area (Å²) in [5.41, 5.74) is -2.43. The zero-order chi connectivity index (χ0) is 27.7. The second-order valence-electron chi connectivity index (χ2n) is 7.76. The number of nitriles is 1. The van der Waals surface area contributed by atoms with Crippen molar-refractivity contribution in [1.82, 2.24) is 34.7 Å². The van der Waals surface area contributed by atoms with Gasteiger partial charge in [-0.25, -0.2) is 19.4 Å². The zero-order valence-electron chi connectivity index (χ0n) is 19.2. The number of carbonyl (C=O) groups is 2. The molecule has 0 aliphatic carbocycles. The normalized spacial score (nSPS) is 11.2. The highest BCUT2D eigenvalue weighted by atomic mass is 19.4. The summed E-state index contributed by atoms with van der Waals surface area (Å²) in [6.07, 6.45) is -0.806. The van der Waals surface area contributed by atoms with E-state index in [9.17, 15) is 28.0 Å². The number of rotatable bonds is 5. The summed E-state index contributed by atoms with van der Waals surface area (Å²) >= 11 is 0. The lowest BCUT2D eigenvalue weighted by atomic mass is 10.1. The number of nitrogens with zero attached hydrogens (tertiary/aromatic N) is 8. The van der Waals surface area contributed by atoms with Crippen LogP contribution in [0.5, 0.6) is 0 Å². The molecule has 4 heterocycles. The molecule has 0 saturated heterocycles. The maximum Gasteiger partial charge on any atom is 0.434 e. The van der Waals surface area contributed by atoms with Gasteiger partial charge >= 0.3 is 12.3 Å². The predicted molar refractivity (Wildman–Crippen MR) is 127 cm³/mol. The first-order valence-electron chi connectivity index (χ1n) is 10.8. The quantitative estimate of drug-likeness (QED) is 0.304. The number of hydrogen-bond donors (Lipinski definition) is 3. The third kappa shape index (κ3) is 4.67. The third-order valence-electron chi connectivity index (χ3n) is 5.36. The molecule has 5 aromatic rings. The van der Waals surface area contributed by atoms with Crippen molar-refractivity contribution in [2.75, 3.05) is 10.6 Å². The Bertz CT molecular complexity index is 1770. The maximum atomic E-state index is 14.3. The van der Waals surface area contributed by atoms with Gasteiger partial charge < -0.3 is 10.4 Å². The number of amides is 2. The van der Waals surface area contributed by atoms with Crippen LogP contribution in [0.2, 0.25) is 0 Å². The number of anilines is 2. The van der Waals surface area contributed by atoms with E-state index in [1.54, 1.807) is 12.1 Å². The number of nitrogens with one attached hydrogen (secondary N) is 2. The molecule has 16 heteroatoms. The average Bonchev–Trinajstić information content (AvgIpc) is 3.59. The van der Waals surface area contributed by atoms with Gasteiger partial charge in [-0.1, -0.05) is 24.3 Å². The molecule has 0 unspecified atom stereocenters. The van der Waals surface area contributed by atoms with Crippen molar-refractivity contribution in [2.45, 2.75) is 6.18 Å². The molecule has 0 radical (unpaired) electrons. The van der Waals surface area contributed by atoms with Gasteiger partial charge in [0, 0.05) is 10.8 Å². The number of fused-ring (bicyclic) bond motifs is 1. The molecule has 2 amide bonds. The first-order chi connectivity index (χ1) is 18.7. The SMILES string of the molecule is N#Cc1cc(NC(=O)c2cnn(-c3cnc(NC(=O)O)c4ccccc34)c2C(F)(F)F)cnc1-n1nccn1. The van der Waals surface area contributed by atoms with Crippen LogP contribution in [0, 0.1) is 11.3 Å². The Morgan fingerprint density at radius 2 is 1.69 bits per heavy atom. The molecular weight excluding hydrogens is 521 g/mol. The minimum absolute atomic E-state index is 0.0386. The second kappa shape index (κ2) is 9.55. The highest BCUT2D eigenvalue weighted by Crippen LogP contribution is 2.36. The van der Waals surface area contributed by atoms with Gasteiger partial charge in [0.15, 0.2) is 11.5 Å². The predicted octanol–water partition coefficient (Wildman–Crippen LogP) is 3.63. The van der Waals surface area contributed by atoms with E-state index in [1.807, 2.05) is 6.07 Å². The van der Waals surface area contributed by atoms with Gasteiger partial charge in [0.1, 0.15) is 17.5 Å². The van der Waals surface area contributed by atoms with Gasteiger partial charge in [0.05, 0.1) is 47.9 Å². The molecule has 39 heavy (non-hydrogen) atoms. The second-order valence-corrected chi connectivity index (χ2v) is 7.76. The molecule has 0 bridgehead atoms. The molecule has 4 aromatic heterocycles. The Hall–Kier alpha value is -5.85. The van der Waals surface area contributed by atoms with Gasteiger partial charge in [-0.3, -0.25) is 10.1 Å². The molecule has 0 saturated carbocycles. The van der Waals surface area contributed by atoms with Crippen LogP contribution in [0.4, 0.5) is 29.5 Å². The molecule has 5 rings (SSSR count). The standard InChI is InChI=1S/C23H13F3N10O3/c24-23(25,26)18-16(21(37)33-13-7-12(8-27)20(29-9-13)36-30-5-6-31-36)10-32-35(18)17-11-28-19(34-22(38)39)15-4-2-1-3-14(15)17/h1-7,9-11H,(H,28,34)(H,33,37)(H,38,39). The fourth-order valence-electron chi connectivity index (χ4n) is 3.81. The number of pyridine rings is 2. The van der Waals surface area contributed by atoms with Crippen LogP contribution in [0.1, 0.15) is 21.6 Å². The highest BCUT2D eigenvalue weighted by Gasteiger charge is 2.41. The van der Waals surface area contributed by atoms with Gasteiger partial charge in [-0.05, 0) is 6.07 Å². The number of halogens is 3. The van der Waals surface area contributed by atoms with E-state index in [0.29, 0.717) is 4.68 Å². The molecule has 194 valence electrons. The first-order valence-corrected chi connectivity index (χ1v) is 10.8. The topological polar surface area (TPSA) is 177 Å². The molecule has 1 aromatic carbocycles. The molecule has 0 aliphatic rings. The van der Waals surface area contributed by atoms with Crippen LogP contribution in [0.25, 0.3) is 22.3 Å². The minimum Gasteiger partial charge on any atom is -0.465 e. The lowest BCUT2D eigenvalue weighted by Crippen LogP contribution is -2.21. The summed E-state index contributed by atoms with van der Waals surface area (Å²) in [4.78, 5) is 33.1. The van der Waals surface area contributed by atoms with E-state index in [4.69, 9.17) is 5.11 Å². The average molecular weight is 534 g/mol. The van der Waals surface area contributed by atoms with E-state index < -0.39 is 29.4 Å². The zero-order valence-corrected chi connectivity index (χ0v) is 19.2. The van der Waals surface area contributed by atoms with Crippen molar-refractivity contribution >= 4 is 34.3 Å². The number of alkyl halides is 3. The summed E-state index contributed by atoms with van der Waals surface area (Å²) in [5, 5.41) is 34.9. The molecule has 0 spiro atoms. The van der Waals surface area contributed by atoms with E-state index in [1.165, 1.54) is 30.6 Å².